The summed E-state index contributed by atoms with van der Waals surface area (Å²) in [5.41, 5.74) is 4.83. The minimum Gasteiger partial charge on any atom is -0.507 e. The number of hydrogen-bond donors (Lipinski definition) is 2. The Hall–Kier alpha value is -2.40. The minimum atomic E-state index is 0.229. The number of phenolic OH excluding ortho intramolecular Hbond substituents is 1. The highest BCUT2D eigenvalue weighted by molar-refractivity contribution is 5.86. The van der Waals surface area contributed by atoms with E-state index in [1.165, 1.54) is 11.3 Å². The second-order valence-corrected chi connectivity index (χ2v) is 6.78. The fraction of sp³-hybridized carbons (Fsp3) is 0.368. The van der Waals surface area contributed by atoms with Crippen LogP contribution < -0.4 is 0 Å². The maximum atomic E-state index is 10.1. The lowest BCUT2D eigenvalue weighted by atomic mass is 9.96. The van der Waals surface area contributed by atoms with Crippen molar-refractivity contribution in [3.05, 3.63) is 41.6 Å². The molecule has 0 spiro atoms. The van der Waals surface area contributed by atoms with Crippen molar-refractivity contribution in [2.24, 2.45) is 0 Å². The Morgan fingerprint density at radius 3 is 2.79 bits per heavy atom. The number of fused-ring (bicyclic) bond motifs is 3. The largest absolute Gasteiger partial charge is 0.507 e. The van der Waals surface area contributed by atoms with Crippen LogP contribution in [0.2, 0.25) is 0 Å². The fourth-order valence-electron chi connectivity index (χ4n) is 3.86. The van der Waals surface area contributed by atoms with Crippen molar-refractivity contribution in [2.75, 3.05) is 6.54 Å². The number of phenols is 1. The van der Waals surface area contributed by atoms with Gasteiger partial charge in [-0.15, -0.1) is 10.2 Å². The Morgan fingerprint density at radius 1 is 1.25 bits per heavy atom. The first-order chi connectivity index (χ1) is 11.6. The number of para-hydroxylation sites is 1. The van der Waals surface area contributed by atoms with Crippen LogP contribution in [0.4, 0.5) is 0 Å². The second kappa shape index (κ2) is 5.60. The number of aromatic hydroxyl groups is 1. The van der Waals surface area contributed by atoms with Crippen LogP contribution in [0.25, 0.3) is 22.3 Å². The lowest BCUT2D eigenvalue weighted by Gasteiger charge is -2.36. The molecule has 24 heavy (non-hydrogen) atoms. The van der Waals surface area contributed by atoms with Gasteiger partial charge in [0.05, 0.1) is 5.69 Å². The minimum absolute atomic E-state index is 0.229. The molecule has 1 aromatic carbocycles. The van der Waals surface area contributed by atoms with E-state index in [2.05, 4.69) is 40.9 Å². The highest BCUT2D eigenvalue weighted by Crippen LogP contribution is 2.37. The number of nitrogens with one attached hydrogen (secondary N) is 1. The lowest BCUT2D eigenvalue weighted by Crippen LogP contribution is -2.38. The number of H-pyrrole nitrogens is 1. The highest BCUT2D eigenvalue weighted by Gasteiger charge is 2.29. The zero-order valence-electron chi connectivity index (χ0n) is 14.2. The molecule has 0 aliphatic carbocycles. The van der Waals surface area contributed by atoms with Crippen molar-refractivity contribution in [1.29, 1.82) is 0 Å². The lowest BCUT2D eigenvalue weighted by molar-refractivity contribution is 0.155. The summed E-state index contributed by atoms with van der Waals surface area (Å²) >= 11 is 0. The summed E-state index contributed by atoms with van der Waals surface area (Å²) in [6, 6.07) is 10.1. The van der Waals surface area contributed by atoms with E-state index < -0.39 is 0 Å². The van der Waals surface area contributed by atoms with Gasteiger partial charge in [-0.2, -0.15) is 0 Å². The van der Waals surface area contributed by atoms with E-state index in [1.54, 1.807) is 6.07 Å². The molecule has 3 aromatic rings. The summed E-state index contributed by atoms with van der Waals surface area (Å²) in [6.07, 6.45) is 1.00. The number of nitrogens with zero attached hydrogens (tertiary/aromatic N) is 3. The van der Waals surface area contributed by atoms with Crippen LogP contribution in [-0.4, -0.2) is 37.8 Å². The molecule has 2 aromatic heterocycles. The van der Waals surface area contributed by atoms with Gasteiger partial charge < -0.3 is 10.1 Å². The van der Waals surface area contributed by atoms with Crippen molar-refractivity contribution >= 4 is 11.0 Å². The third-order valence-electron chi connectivity index (χ3n) is 5.06. The van der Waals surface area contributed by atoms with E-state index in [-0.39, 0.29) is 5.75 Å². The van der Waals surface area contributed by atoms with Crippen LogP contribution in [0.15, 0.2) is 30.3 Å². The normalized spacial score (nSPS) is 18.2. The summed E-state index contributed by atoms with van der Waals surface area (Å²) in [5.74, 6) is 0.229. The van der Waals surface area contributed by atoms with Crippen LogP contribution in [0.1, 0.15) is 38.1 Å². The van der Waals surface area contributed by atoms with Crippen LogP contribution in [-0.2, 0) is 6.42 Å². The van der Waals surface area contributed by atoms with Gasteiger partial charge in [0.2, 0.25) is 0 Å². The summed E-state index contributed by atoms with van der Waals surface area (Å²) < 4.78 is 0. The maximum Gasteiger partial charge on any atom is 0.160 e. The van der Waals surface area contributed by atoms with Gasteiger partial charge in [-0.25, -0.2) is 0 Å². The van der Waals surface area contributed by atoms with Crippen molar-refractivity contribution in [3.63, 3.8) is 0 Å². The Kier molecular flexibility index (Phi) is 3.53. The second-order valence-electron chi connectivity index (χ2n) is 6.78. The van der Waals surface area contributed by atoms with Gasteiger partial charge in [0.1, 0.15) is 5.75 Å². The highest BCUT2D eigenvalue weighted by atomic mass is 16.3. The number of benzene rings is 1. The number of hydrogen-bond acceptors (Lipinski definition) is 4. The molecule has 1 aliphatic heterocycles. The number of aromatic amines is 1. The smallest absolute Gasteiger partial charge is 0.160 e. The molecule has 124 valence electrons. The Labute approximate surface area is 141 Å². The van der Waals surface area contributed by atoms with Gasteiger partial charge in [-0.3, -0.25) is 4.90 Å². The van der Waals surface area contributed by atoms with Crippen molar-refractivity contribution in [1.82, 2.24) is 20.1 Å². The molecule has 0 radical (unpaired) electrons. The van der Waals surface area contributed by atoms with E-state index >= 15 is 0 Å². The first-order valence-corrected chi connectivity index (χ1v) is 8.48. The molecule has 3 heterocycles. The van der Waals surface area contributed by atoms with E-state index in [0.717, 1.165) is 24.0 Å². The summed E-state index contributed by atoms with van der Waals surface area (Å²) in [7, 11) is 0. The third-order valence-corrected chi connectivity index (χ3v) is 5.06. The summed E-state index contributed by atoms with van der Waals surface area (Å²) in [5, 5.41) is 19.9. The quantitative estimate of drug-likeness (QED) is 0.756. The molecule has 5 heteroatoms. The third kappa shape index (κ3) is 2.27. The van der Waals surface area contributed by atoms with Gasteiger partial charge in [-0.05, 0) is 44.5 Å². The Morgan fingerprint density at radius 2 is 2.04 bits per heavy atom. The van der Waals surface area contributed by atoms with Gasteiger partial charge in [0, 0.05) is 41.7 Å². The first-order valence-electron chi connectivity index (χ1n) is 8.48. The van der Waals surface area contributed by atoms with Gasteiger partial charge in [0.15, 0.2) is 5.65 Å². The monoisotopic (exact) mass is 322 g/mol. The van der Waals surface area contributed by atoms with E-state index in [1.807, 2.05) is 24.3 Å². The Bertz CT molecular complexity index is 900. The first kappa shape index (κ1) is 15.1. The zero-order chi connectivity index (χ0) is 16.8. The molecular weight excluding hydrogens is 300 g/mol. The molecule has 1 atom stereocenters. The van der Waals surface area contributed by atoms with Crippen LogP contribution >= 0.6 is 0 Å². The molecule has 0 saturated carbocycles. The molecule has 2 N–H and O–H groups in total. The Balaban J connectivity index is 1.88. The summed E-state index contributed by atoms with van der Waals surface area (Å²) in [6.45, 7) is 7.79. The predicted octanol–water partition coefficient (Wildman–Crippen LogP) is 3.66. The van der Waals surface area contributed by atoms with E-state index in [0.29, 0.717) is 23.3 Å². The van der Waals surface area contributed by atoms with Crippen molar-refractivity contribution < 1.29 is 5.11 Å². The molecule has 1 aliphatic rings. The fourth-order valence-corrected chi connectivity index (χ4v) is 3.86. The molecular formula is C19H22N4O. The molecule has 1 unspecified atom stereocenters. The standard InChI is InChI=1S/C19H22N4O/c1-11(2)23-9-8-15-18(12(23)3)14-10-16(21-22-19(14)20-15)13-6-4-5-7-17(13)24/h4-7,10-12,24H,8-9H2,1-3H3,(H,20,22). The molecule has 4 rings (SSSR count). The van der Waals surface area contributed by atoms with Gasteiger partial charge >= 0.3 is 0 Å². The van der Waals surface area contributed by atoms with Crippen LogP contribution in [0, 0.1) is 0 Å². The van der Waals surface area contributed by atoms with E-state index in [9.17, 15) is 5.11 Å². The average Bonchev–Trinajstić information content (AvgIpc) is 2.93. The molecule has 5 nitrogen and oxygen atoms in total. The SMILES string of the molecule is CC(C)N1CCc2[nH]c3nnc(-c4ccccc4O)cc3c2C1C. The van der Waals surface area contributed by atoms with Crippen molar-refractivity contribution in [2.45, 2.75) is 39.3 Å². The summed E-state index contributed by atoms with van der Waals surface area (Å²) in [4.78, 5) is 5.95. The molecule has 0 fully saturated rings. The average molecular weight is 322 g/mol. The van der Waals surface area contributed by atoms with Crippen molar-refractivity contribution in [3.8, 4) is 17.0 Å². The molecule has 0 amide bonds. The van der Waals surface area contributed by atoms with E-state index in [4.69, 9.17) is 0 Å². The molecule has 0 bridgehead atoms. The number of aromatic nitrogens is 3. The van der Waals surface area contributed by atoms with Gasteiger partial charge in [-0.1, -0.05) is 12.1 Å². The zero-order valence-corrected chi connectivity index (χ0v) is 14.2. The van der Waals surface area contributed by atoms with Crippen LogP contribution in [0.5, 0.6) is 5.75 Å². The van der Waals surface area contributed by atoms with Gasteiger partial charge in [0.25, 0.3) is 0 Å². The topological polar surface area (TPSA) is 65.0 Å². The molecule has 0 saturated heterocycles. The number of rotatable bonds is 2. The predicted molar refractivity (Wildman–Crippen MR) is 95.0 cm³/mol. The maximum absolute atomic E-state index is 10.1. The van der Waals surface area contributed by atoms with Crippen LogP contribution in [0.3, 0.4) is 0 Å².